The highest BCUT2D eigenvalue weighted by Crippen LogP contribution is 2.31. The highest BCUT2D eigenvalue weighted by Gasteiger charge is 2.23. The lowest BCUT2D eigenvalue weighted by Crippen LogP contribution is -2.15. The number of rotatable bonds is 6. The molecule has 1 N–H and O–H groups in total. The molecule has 0 amide bonds. The van der Waals surface area contributed by atoms with Gasteiger partial charge in [-0.1, -0.05) is 6.07 Å². The van der Waals surface area contributed by atoms with Gasteiger partial charge in [-0.15, -0.1) is 0 Å². The Bertz CT molecular complexity index is 1260. The molecular formula is C20H20N2O7S. The molecule has 2 aromatic carbocycles. The van der Waals surface area contributed by atoms with E-state index in [1.54, 1.807) is 27.7 Å². The van der Waals surface area contributed by atoms with Gasteiger partial charge in [-0.05, 0) is 51.5 Å². The van der Waals surface area contributed by atoms with Gasteiger partial charge in [0.25, 0.3) is 15.7 Å². The highest BCUT2D eigenvalue weighted by atomic mass is 32.2. The predicted molar refractivity (Wildman–Crippen MR) is 110 cm³/mol. The van der Waals surface area contributed by atoms with E-state index < -0.39 is 20.9 Å². The van der Waals surface area contributed by atoms with E-state index in [1.165, 1.54) is 30.3 Å². The van der Waals surface area contributed by atoms with Gasteiger partial charge >= 0.3 is 5.97 Å². The average molecular weight is 432 g/mol. The maximum atomic E-state index is 12.9. The molecule has 0 fully saturated rings. The summed E-state index contributed by atoms with van der Waals surface area (Å²) in [5, 5.41) is 11.4. The van der Waals surface area contributed by atoms with Gasteiger partial charge in [-0.3, -0.25) is 14.8 Å². The SMILES string of the molecule is Cc1ccc([N+](=O)[O-])cc1S(=O)(=O)Nc1ccc2oc(C)c(C(=O)OC(C)C)c2c1. The van der Waals surface area contributed by atoms with Crippen molar-refractivity contribution in [1.29, 1.82) is 0 Å². The lowest BCUT2D eigenvalue weighted by Gasteiger charge is -2.11. The number of carbonyl (C=O) groups is 1. The summed E-state index contributed by atoms with van der Waals surface area (Å²) in [5.74, 6) is -0.221. The number of nitro benzene ring substituents is 1. The summed E-state index contributed by atoms with van der Waals surface area (Å²) >= 11 is 0. The van der Waals surface area contributed by atoms with E-state index >= 15 is 0 Å². The van der Waals surface area contributed by atoms with Gasteiger partial charge in [0.05, 0.1) is 15.9 Å². The van der Waals surface area contributed by atoms with Gasteiger partial charge in [-0.2, -0.15) is 0 Å². The number of fused-ring (bicyclic) bond motifs is 1. The van der Waals surface area contributed by atoms with Crippen LogP contribution in [0, 0.1) is 24.0 Å². The van der Waals surface area contributed by atoms with E-state index in [0.29, 0.717) is 22.3 Å². The number of sulfonamides is 1. The Hall–Kier alpha value is -3.40. The molecule has 9 nitrogen and oxygen atoms in total. The van der Waals surface area contributed by atoms with E-state index in [2.05, 4.69) is 4.72 Å². The summed E-state index contributed by atoms with van der Waals surface area (Å²) in [6, 6.07) is 8.09. The van der Waals surface area contributed by atoms with Crippen molar-refractivity contribution in [3.8, 4) is 0 Å². The fraction of sp³-hybridized carbons (Fsp3) is 0.250. The molecule has 1 heterocycles. The topological polar surface area (TPSA) is 129 Å². The fourth-order valence-electron chi connectivity index (χ4n) is 3.01. The van der Waals surface area contributed by atoms with Crippen LogP contribution in [-0.4, -0.2) is 25.4 Å². The maximum absolute atomic E-state index is 12.9. The largest absolute Gasteiger partial charge is 0.460 e. The molecule has 0 aliphatic heterocycles. The van der Waals surface area contributed by atoms with Crippen molar-refractivity contribution in [1.82, 2.24) is 0 Å². The zero-order chi connectivity index (χ0) is 22.2. The quantitative estimate of drug-likeness (QED) is 0.349. The third kappa shape index (κ3) is 4.13. The molecule has 0 aliphatic carbocycles. The zero-order valence-electron chi connectivity index (χ0n) is 16.8. The number of nitro groups is 1. The number of nitrogens with one attached hydrogen (secondary N) is 1. The van der Waals surface area contributed by atoms with Crippen LogP contribution in [0.3, 0.4) is 0 Å². The van der Waals surface area contributed by atoms with Gasteiger partial charge in [-0.25, -0.2) is 13.2 Å². The summed E-state index contributed by atoms with van der Waals surface area (Å²) in [4.78, 5) is 22.6. The molecule has 0 spiro atoms. The van der Waals surface area contributed by atoms with Crippen LogP contribution in [-0.2, 0) is 14.8 Å². The molecule has 0 aliphatic rings. The molecule has 0 atom stereocenters. The Morgan fingerprint density at radius 2 is 1.87 bits per heavy atom. The van der Waals surface area contributed by atoms with Crippen molar-refractivity contribution in [3.05, 3.63) is 63.4 Å². The summed E-state index contributed by atoms with van der Waals surface area (Å²) in [7, 11) is -4.12. The van der Waals surface area contributed by atoms with Crippen LogP contribution in [0.1, 0.15) is 35.5 Å². The summed E-state index contributed by atoms with van der Waals surface area (Å²) in [6.45, 7) is 6.60. The zero-order valence-corrected chi connectivity index (χ0v) is 17.6. The third-order valence-corrected chi connectivity index (χ3v) is 5.86. The molecule has 0 unspecified atom stereocenters. The first-order valence-electron chi connectivity index (χ1n) is 9.01. The van der Waals surface area contributed by atoms with Crippen LogP contribution in [0.25, 0.3) is 11.0 Å². The van der Waals surface area contributed by atoms with Crippen LogP contribution in [0.15, 0.2) is 45.7 Å². The maximum Gasteiger partial charge on any atom is 0.342 e. The Kier molecular flexibility index (Phi) is 5.53. The molecule has 10 heteroatoms. The minimum Gasteiger partial charge on any atom is -0.460 e. The first-order valence-corrected chi connectivity index (χ1v) is 10.5. The van der Waals surface area contributed by atoms with Crippen molar-refractivity contribution in [2.45, 2.75) is 38.7 Å². The summed E-state index contributed by atoms with van der Waals surface area (Å²) in [5.41, 5.74) is 0.812. The van der Waals surface area contributed by atoms with E-state index in [-0.39, 0.29) is 27.9 Å². The normalized spacial score (nSPS) is 11.6. The number of esters is 1. The minimum absolute atomic E-state index is 0.174. The van der Waals surface area contributed by atoms with Crippen LogP contribution in [0.5, 0.6) is 0 Å². The van der Waals surface area contributed by atoms with Gasteiger partial charge in [0, 0.05) is 23.2 Å². The van der Waals surface area contributed by atoms with E-state index in [0.717, 1.165) is 6.07 Å². The third-order valence-electron chi connectivity index (χ3n) is 4.34. The van der Waals surface area contributed by atoms with Gasteiger partial charge in [0.2, 0.25) is 0 Å². The molecule has 3 aromatic rings. The number of nitrogens with zero attached hydrogens (tertiary/aromatic N) is 1. The smallest absolute Gasteiger partial charge is 0.342 e. The lowest BCUT2D eigenvalue weighted by atomic mass is 10.1. The second kappa shape index (κ2) is 7.79. The van der Waals surface area contributed by atoms with Crippen LogP contribution < -0.4 is 4.72 Å². The first-order chi connectivity index (χ1) is 14.0. The predicted octanol–water partition coefficient (Wildman–Crippen LogP) is 4.32. The van der Waals surface area contributed by atoms with Crippen molar-refractivity contribution in [2.24, 2.45) is 0 Å². The molecule has 0 bridgehead atoms. The number of hydrogen-bond donors (Lipinski definition) is 1. The van der Waals surface area contributed by atoms with E-state index in [1.807, 2.05) is 0 Å². The van der Waals surface area contributed by atoms with E-state index in [4.69, 9.17) is 9.15 Å². The van der Waals surface area contributed by atoms with Crippen LogP contribution in [0.2, 0.25) is 0 Å². The number of non-ortho nitro benzene ring substituents is 1. The Balaban J connectivity index is 2.03. The second-order valence-corrected chi connectivity index (χ2v) is 8.66. The second-order valence-electron chi connectivity index (χ2n) is 7.01. The van der Waals surface area contributed by atoms with Crippen molar-refractivity contribution >= 4 is 38.3 Å². The molecule has 3 rings (SSSR count). The van der Waals surface area contributed by atoms with Gasteiger partial charge in [0.15, 0.2) is 0 Å². The van der Waals surface area contributed by atoms with Crippen LogP contribution in [0.4, 0.5) is 11.4 Å². The molecule has 1 aromatic heterocycles. The number of hydrogen-bond acceptors (Lipinski definition) is 7. The number of furan rings is 1. The lowest BCUT2D eigenvalue weighted by molar-refractivity contribution is -0.385. The van der Waals surface area contributed by atoms with Crippen LogP contribution >= 0.6 is 0 Å². The average Bonchev–Trinajstić information content (AvgIpc) is 2.95. The molecule has 30 heavy (non-hydrogen) atoms. The number of benzene rings is 2. The summed E-state index contributed by atoms with van der Waals surface area (Å²) < 4.78 is 38.9. The first kappa shape index (κ1) is 21.3. The fourth-order valence-corrected chi connectivity index (χ4v) is 4.33. The number of ether oxygens (including phenoxy) is 1. The molecular weight excluding hydrogens is 412 g/mol. The van der Waals surface area contributed by atoms with E-state index in [9.17, 15) is 23.3 Å². The van der Waals surface area contributed by atoms with Crippen molar-refractivity contribution < 1.29 is 27.3 Å². The van der Waals surface area contributed by atoms with Crippen molar-refractivity contribution in [2.75, 3.05) is 4.72 Å². The minimum atomic E-state index is -4.12. The Morgan fingerprint density at radius 3 is 2.50 bits per heavy atom. The highest BCUT2D eigenvalue weighted by molar-refractivity contribution is 7.92. The van der Waals surface area contributed by atoms with Gasteiger partial charge < -0.3 is 9.15 Å². The molecule has 158 valence electrons. The Labute approximate surface area is 172 Å². The summed E-state index contributed by atoms with van der Waals surface area (Å²) in [6.07, 6.45) is -0.333. The number of carbonyl (C=O) groups excluding carboxylic acids is 1. The number of aryl methyl sites for hydroxylation is 2. The van der Waals surface area contributed by atoms with Gasteiger partial charge in [0.1, 0.15) is 16.9 Å². The van der Waals surface area contributed by atoms with Crippen molar-refractivity contribution in [3.63, 3.8) is 0 Å². The Morgan fingerprint density at radius 1 is 1.17 bits per heavy atom. The number of anilines is 1. The standard InChI is InChI=1S/C20H20N2O7S/c1-11(2)28-20(23)19-13(4)29-17-8-6-14(9-16(17)19)21-30(26,27)18-10-15(22(24)25)7-5-12(18)3/h5-11,21H,1-4H3. The molecule has 0 saturated heterocycles. The molecule has 0 radical (unpaired) electrons. The molecule has 0 saturated carbocycles. The monoisotopic (exact) mass is 432 g/mol.